The summed E-state index contributed by atoms with van der Waals surface area (Å²) in [5.74, 6) is 0. The van der Waals surface area contributed by atoms with Crippen LogP contribution in [0, 0.1) is 6.92 Å². The molecule has 0 aromatic rings. The van der Waals surface area contributed by atoms with Crippen LogP contribution in [0.4, 0.5) is 0 Å². The molecule has 0 fully saturated rings. The van der Waals surface area contributed by atoms with Gasteiger partial charge in [0.05, 0.1) is 0 Å². The first-order valence-corrected chi connectivity index (χ1v) is 2.77. The molecule has 1 heteroatoms. The molecule has 0 saturated heterocycles. The molecule has 0 saturated carbocycles. The van der Waals surface area contributed by atoms with Crippen LogP contribution in [0.1, 0.15) is 19.3 Å². The van der Waals surface area contributed by atoms with Gasteiger partial charge in [0.1, 0.15) is 0 Å². The zero-order chi connectivity index (χ0) is 5.70. The lowest BCUT2D eigenvalue weighted by atomic mass is 10.2. The molecule has 0 heterocycles. The SMILES string of the molecule is [CH2]CCCC(=C)Cl. The maximum absolute atomic E-state index is 5.43. The van der Waals surface area contributed by atoms with Crippen LogP contribution in [-0.4, -0.2) is 0 Å². The van der Waals surface area contributed by atoms with Crippen molar-refractivity contribution in [1.29, 1.82) is 0 Å². The van der Waals surface area contributed by atoms with E-state index in [1.54, 1.807) is 0 Å². The van der Waals surface area contributed by atoms with Crippen molar-refractivity contribution in [3.8, 4) is 0 Å². The van der Waals surface area contributed by atoms with Gasteiger partial charge in [-0.05, 0) is 12.8 Å². The zero-order valence-electron chi connectivity index (χ0n) is 4.41. The fourth-order valence-electron chi connectivity index (χ4n) is 0.317. The van der Waals surface area contributed by atoms with Crippen molar-refractivity contribution in [2.75, 3.05) is 0 Å². The highest BCUT2D eigenvalue weighted by Gasteiger charge is 1.83. The summed E-state index contributed by atoms with van der Waals surface area (Å²) in [6, 6.07) is 0. The van der Waals surface area contributed by atoms with Gasteiger partial charge < -0.3 is 0 Å². The van der Waals surface area contributed by atoms with Crippen molar-refractivity contribution in [1.82, 2.24) is 0 Å². The van der Waals surface area contributed by atoms with E-state index in [1.807, 2.05) is 0 Å². The molecule has 0 aromatic carbocycles. The maximum Gasteiger partial charge on any atom is 0.0109 e. The smallest absolute Gasteiger partial charge is 0.0109 e. The van der Waals surface area contributed by atoms with Gasteiger partial charge in [-0.15, -0.1) is 0 Å². The van der Waals surface area contributed by atoms with E-state index in [2.05, 4.69) is 13.5 Å². The molecule has 0 aliphatic heterocycles. The summed E-state index contributed by atoms with van der Waals surface area (Å²) in [5, 5.41) is 0.739. The van der Waals surface area contributed by atoms with Crippen molar-refractivity contribution in [3.63, 3.8) is 0 Å². The third-order valence-electron chi connectivity index (χ3n) is 0.698. The maximum atomic E-state index is 5.43. The standard InChI is InChI=1S/C6H10Cl/c1-3-4-5-6(2)7/h1-5H2. The second-order valence-electron chi connectivity index (χ2n) is 1.47. The highest BCUT2D eigenvalue weighted by Crippen LogP contribution is 2.07. The number of hydrogen-bond donors (Lipinski definition) is 0. The lowest BCUT2D eigenvalue weighted by molar-refractivity contribution is 0.858. The number of allylic oxidation sites excluding steroid dienone is 1. The average molecular weight is 118 g/mol. The van der Waals surface area contributed by atoms with Crippen LogP contribution >= 0.6 is 11.6 Å². The Bertz CT molecular complexity index is 57.2. The second kappa shape index (κ2) is 4.20. The van der Waals surface area contributed by atoms with E-state index in [-0.39, 0.29) is 0 Å². The molecule has 0 nitrogen and oxygen atoms in total. The van der Waals surface area contributed by atoms with Gasteiger partial charge >= 0.3 is 0 Å². The van der Waals surface area contributed by atoms with Crippen LogP contribution in [0.5, 0.6) is 0 Å². The average Bonchev–Trinajstić information content (AvgIpc) is 1.61. The Labute approximate surface area is 50.2 Å². The minimum atomic E-state index is 0.739. The lowest BCUT2D eigenvalue weighted by Crippen LogP contribution is -1.69. The zero-order valence-corrected chi connectivity index (χ0v) is 5.17. The van der Waals surface area contributed by atoms with Crippen LogP contribution in [0.25, 0.3) is 0 Å². The Hall–Kier alpha value is 0.0300. The molecule has 0 bridgehead atoms. The van der Waals surface area contributed by atoms with Crippen molar-refractivity contribution in [3.05, 3.63) is 18.5 Å². The van der Waals surface area contributed by atoms with Crippen LogP contribution in [0.2, 0.25) is 0 Å². The minimum Gasteiger partial charge on any atom is -0.0898 e. The van der Waals surface area contributed by atoms with E-state index in [4.69, 9.17) is 11.6 Å². The Balaban J connectivity index is 2.82. The third-order valence-corrected chi connectivity index (χ3v) is 0.887. The largest absolute Gasteiger partial charge is 0.0898 e. The third kappa shape index (κ3) is 6.03. The molecule has 0 atom stereocenters. The summed E-state index contributed by atoms with van der Waals surface area (Å²) in [5.41, 5.74) is 0. The monoisotopic (exact) mass is 117 g/mol. The fourth-order valence-corrected chi connectivity index (χ4v) is 0.450. The predicted octanol–water partition coefficient (Wildman–Crippen LogP) is 2.74. The van der Waals surface area contributed by atoms with Crippen molar-refractivity contribution >= 4 is 11.6 Å². The molecule has 0 rings (SSSR count). The van der Waals surface area contributed by atoms with Gasteiger partial charge in [0.15, 0.2) is 0 Å². The summed E-state index contributed by atoms with van der Waals surface area (Å²) in [6.07, 6.45) is 2.92. The molecule has 0 N–H and O–H groups in total. The van der Waals surface area contributed by atoms with Gasteiger partial charge in [-0.2, -0.15) is 0 Å². The predicted molar refractivity (Wildman–Crippen MR) is 34.2 cm³/mol. The number of hydrogen-bond acceptors (Lipinski definition) is 0. The summed E-state index contributed by atoms with van der Waals surface area (Å²) < 4.78 is 0. The normalized spacial score (nSPS) is 8.86. The molecular weight excluding hydrogens is 108 g/mol. The summed E-state index contributed by atoms with van der Waals surface area (Å²) in [6.45, 7) is 7.19. The lowest BCUT2D eigenvalue weighted by Gasteiger charge is -1.89. The number of rotatable bonds is 3. The highest BCUT2D eigenvalue weighted by molar-refractivity contribution is 6.29. The number of halogens is 1. The molecule has 0 unspecified atom stereocenters. The molecule has 0 amide bonds. The van der Waals surface area contributed by atoms with E-state index in [9.17, 15) is 0 Å². The van der Waals surface area contributed by atoms with Crippen molar-refractivity contribution in [2.45, 2.75) is 19.3 Å². The quantitative estimate of drug-likeness (QED) is 0.533. The Morgan fingerprint density at radius 2 is 2.14 bits per heavy atom. The second-order valence-corrected chi connectivity index (χ2v) is 2.01. The number of unbranched alkanes of at least 4 members (excludes halogenated alkanes) is 1. The summed E-state index contributed by atoms with van der Waals surface area (Å²) in [7, 11) is 0. The molecule has 0 aliphatic rings. The highest BCUT2D eigenvalue weighted by atomic mass is 35.5. The van der Waals surface area contributed by atoms with Gasteiger partial charge in [-0.3, -0.25) is 0 Å². The molecular formula is C6H10Cl. The van der Waals surface area contributed by atoms with E-state index in [0.717, 1.165) is 24.3 Å². The van der Waals surface area contributed by atoms with Gasteiger partial charge in [0, 0.05) is 5.03 Å². The topological polar surface area (TPSA) is 0 Å². The van der Waals surface area contributed by atoms with Crippen LogP contribution in [0.15, 0.2) is 11.6 Å². The molecule has 0 aliphatic carbocycles. The molecule has 7 heavy (non-hydrogen) atoms. The minimum absolute atomic E-state index is 0.739. The Morgan fingerprint density at radius 1 is 1.57 bits per heavy atom. The van der Waals surface area contributed by atoms with Crippen LogP contribution in [0.3, 0.4) is 0 Å². The van der Waals surface area contributed by atoms with Crippen LogP contribution < -0.4 is 0 Å². The first-order chi connectivity index (χ1) is 3.27. The summed E-state index contributed by atoms with van der Waals surface area (Å²) in [4.78, 5) is 0. The van der Waals surface area contributed by atoms with E-state index in [1.165, 1.54) is 0 Å². The van der Waals surface area contributed by atoms with Gasteiger partial charge in [0.2, 0.25) is 0 Å². The van der Waals surface area contributed by atoms with Crippen molar-refractivity contribution < 1.29 is 0 Å². The van der Waals surface area contributed by atoms with Gasteiger partial charge in [-0.1, -0.05) is 31.5 Å². The van der Waals surface area contributed by atoms with Gasteiger partial charge in [0.25, 0.3) is 0 Å². The van der Waals surface area contributed by atoms with Gasteiger partial charge in [-0.25, -0.2) is 0 Å². The molecule has 41 valence electrons. The first kappa shape index (κ1) is 7.03. The van der Waals surface area contributed by atoms with E-state index >= 15 is 0 Å². The Kier molecular flexibility index (Phi) is 4.21. The molecule has 0 aromatic heterocycles. The molecule has 0 spiro atoms. The summed E-state index contributed by atoms with van der Waals surface area (Å²) >= 11 is 5.43. The Morgan fingerprint density at radius 3 is 2.29 bits per heavy atom. The van der Waals surface area contributed by atoms with E-state index < -0.39 is 0 Å². The van der Waals surface area contributed by atoms with Crippen molar-refractivity contribution in [2.24, 2.45) is 0 Å². The van der Waals surface area contributed by atoms with E-state index in [0.29, 0.717) is 0 Å². The van der Waals surface area contributed by atoms with Crippen LogP contribution in [-0.2, 0) is 0 Å². The molecule has 1 radical (unpaired) electrons. The fraction of sp³-hybridized carbons (Fsp3) is 0.500. The first-order valence-electron chi connectivity index (χ1n) is 2.40.